The van der Waals surface area contributed by atoms with E-state index in [9.17, 15) is 18.3 Å². The van der Waals surface area contributed by atoms with Gasteiger partial charge in [0.25, 0.3) is 0 Å². The fourth-order valence-corrected chi connectivity index (χ4v) is 4.86. The lowest BCUT2D eigenvalue weighted by Gasteiger charge is -2.23. The second-order valence-corrected chi connectivity index (χ2v) is 9.82. The van der Waals surface area contributed by atoms with E-state index in [1.165, 1.54) is 0 Å². The maximum absolute atomic E-state index is 13.5. The quantitative estimate of drug-likeness (QED) is 0.311. The van der Waals surface area contributed by atoms with E-state index in [0.717, 1.165) is 22.3 Å². The molecular formula is C27H27F3N6O. The van der Waals surface area contributed by atoms with Crippen LogP contribution < -0.4 is 0 Å². The Labute approximate surface area is 211 Å². The Hall–Kier alpha value is -3.79. The zero-order valence-corrected chi connectivity index (χ0v) is 21.0. The zero-order chi connectivity index (χ0) is 26.5. The molecule has 0 amide bonds. The SMILES string of the molecule is Cc1nnn(C)c1-c1ccc2c3ncc(C(C)(C)O)cc3n(C(CCC(F)(F)F)c3ccccn3)c2c1. The highest BCUT2D eigenvalue weighted by molar-refractivity contribution is 6.07. The normalized spacial score (nSPS) is 13.5. The summed E-state index contributed by atoms with van der Waals surface area (Å²) in [4.78, 5) is 9.09. The fourth-order valence-electron chi connectivity index (χ4n) is 4.86. The summed E-state index contributed by atoms with van der Waals surface area (Å²) in [6.45, 7) is 5.16. The molecule has 192 valence electrons. The van der Waals surface area contributed by atoms with Gasteiger partial charge >= 0.3 is 6.18 Å². The lowest BCUT2D eigenvalue weighted by molar-refractivity contribution is -0.136. The largest absolute Gasteiger partial charge is 0.389 e. The van der Waals surface area contributed by atoms with Gasteiger partial charge in [0.05, 0.1) is 45.3 Å². The number of nitrogens with zero attached hydrogens (tertiary/aromatic N) is 6. The van der Waals surface area contributed by atoms with Crippen LogP contribution in [0.3, 0.4) is 0 Å². The minimum Gasteiger partial charge on any atom is -0.386 e. The molecule has 10 heteroatoms. The monoisotopic (exact) mass is 508 g/mol. The van der Waals surface area contributed by atoms with Crippen molar-refractivity contribution in [2.24, 2.45) is 7.05 Å². The van der Waals surface area contributed by atoms with Crippen LogP contribution in [0.5, 0.6) is 0 Å². The summed E-state index contributed by atoms with van der Waals surface area (Å²) in [5.41, 5.74) is 4.27. The van der Waals surface area contributed by atoms with Crippen LogP contribution in [0.2, 0.25) is 0 Å². The van der Waals surface area contributed by atoms with Gasteiger partial charge in [-0.05, 0) is 57.5 Å². The number of benzene rings is 1. The number of aromatic nitrogens is 6. The van der Waals surface area contributed by atoms with Gasteiger partial charge in [0.2, 0.25) is 0 Å². The van der Waals surface area contributed by atoms with Crippen LogP contribution in [-0.4, -0.2) is 40.8 Å². The molecule has 5 aromatic rings. The van der Waals surface area contributed by atoms with Crippen LogP contribution in [0.1, 0.15) is 49.7 Å². The van der Waals surface area contributed by atoms with Gasteiger partial charge in [0.1, 0.15) is 0 Å². The summed E-state index contributed by atoms with van der Waals surface area (Å²) in [5.74, 6) is 0. The van der Waals surface area contributed by atoms with Crippen molar-refractivity contribution < 1.29 is 18.3 Å². The third-order valence-electron chi connectivity index (χ3n) is 6.66. The summed E-state index contributed by atoms with van der Waals surface area (Å²) in [6.07, 6.45) is -2.31. The Morgan fingerprint density at radius 2 is 1.81 bits per heavy atom. The van der Waals surface area contributed by atoms with E-state index >= 15 is 0 Å². The molecule has 37 heavy (non-hydrogen) atoms. The average molecular weight is 509 g/mol. The molecule has 0 radical (unpaired) electrons. The standard InChI is InChI=1S/C27H27F3N6O/c1-16-25(35(4)34-33-16)17-8-9-19-22(13-17)36(23-14-18(26(2,3)37)15-32-24(19)23)21(10-11-27(28,29)30)20-7-5-6-12-31-20/h5-9,12-15,21,37H,10-11H2,1-4H3. The van der Waals surface area contributed by atoms with Gasteiger partial charge in [0, 0.05) is 42.4 Å². The molecular weight excluding hydrogens is 481 g/mol. The molecule has 1 aromatic carbocycles. The second kappa shape index (κ2) is 8.95. The average Bonchev–Trinajstić information content (AvgIpc) is 3.34. The molecule has 0 saturated carbocycles. The molecule has 0 aliphatic carbocycles. The maximum Gasteiger partial charge on any atom is 0.389 e. The number of aliphatic hydroxyl groups is 1. The van der Waals surface area contributed by atoms with Gasteiger partial charge in [-0.15, -0.1) is 5.10 Å². The highest BCUT2D eigenvalue weighted by Gasteiger charge is 2.31. The fraction of sp³-hybridized carbons (Fsp3) is 0.333. The van der Waals surface area contributed by atoms with Gasteiger partial charge in [-0.2, -0.15) is 13.2 Å². The van der Waals surface area contributed by atoms with Crippen LogP contribution in [-0.2, 0) is 12.6 Å². The number of pyridine rings is 2. The Bertz CT molecular complexity index is 1560. The number of hydrogen-bond acceptors (Lipinski definition) is 5. The molecule has 4 aromatic heterocycles. The first-order chi connectivity index (χ1) is 17.4. The van der Waals surface area contributed by atoms with Crippen molar-refractivity contribution in [2.75, 3.05) is 0 Å². The van der Waals surface area contributed by atoms with Crippen molar-refractivity contribution >= 4 is 21.9 Å². The summed E-state index contributed by atoms with van der Waals surface area (Å²) in [5, 5.41) is 19.7. The van der Waals surface area contributed by atoms with Crippen molar-refractivity contribution in [3.05, 3.63) is 71.8 Å². The Balaban J connectivity index is 1.84. The summed E-state index contributed by atoms with van der Waals surface area (Å²) < 4.78 is 44.0. The highest BCUT2D eigenvalue weighted by atomic mass is 19.4. The van der Waals surface area contributed by atoms with Gasteiger partial charge in [-0.25, -0.2) is 4.68 Å². The van der Waals surface area contributed by atoms with Crippen molar-refractivity contribution in [2.45, 2.75) is 51.4 Å². The molecule has 4 heterocycles. The molecule has 1 atom stereocenters. The Morgan fingerprint density at radius 3 is 2.43 bits per heavy atom. The van der Waals surface area contributed by atoms with Gasteiger partial charge in [0.15, 0.2) is 0 Å². The molecule has 0 saturated heterocycles. The molecule has 5 rings (SSSR count). The third-order valence-corrected chi connectivity index (χ3v) is 6.66. The molecule has 1 unspecified atom stereocenters. The first kappa shape index (κ1) is 24.9. The van der Waals surface area contributed by atoms with Crippen molar-refractivity contribution in [3.8, 4) is 11.3 Å². The lowest BCUT2D eigenvalue weighted by atomic mass is 10.00. The zero-order valence-electron chi connectivity index (χ0n) is 21.0. The number of halogens is 3. The predicted octanol–water partition coefficient (Wildman–Crippen LogP) is 5.85. The van der Waals surface area contributed by atoms with Crippen LogP contribution in [0, 0.1) is 6.92 Å². The summed E-state index contributed by atoms with van der Waals surface area (Å²) in [6, 6.07) is 12.1. The smallest absolute Gasteiger partial charge is 0.386 e. The minimum absolute atomic E-state index is 0.206. The van der Waals surface area contributed by atoms with E-state index in [4.69, 9.17) is 0 Å². The Morgan fingerprint density at radius 1 is 1.03 bits per heavy atom. The topological polar surface area (TPSA) is 81.6 Å². The molecule has 0 aliphatic rings. The second-order valence-electron chi connectivity index (χ2n) is 9.82. The molecule has 7 nitrogen and oxygen atoms in total. The van der Waals surface area contributed by atoms with Gasteiger partial charge in [-0.1, -0.05) is 17.3 Å². The number of hydrogen-bond donors (Lipinski definition) is 1. The van der Waals surface area contributed by atoms with Crippen LogP contribution in [0.4, 0.5) is 13.2 Å². The van der Waals surface area contributed by atoms with Crippen molar-refractivity contribution in [1.29, 1.82) is 0 Å². The van der Waals surface area contributed by atoms with Crippen molar-refractivity contribution in [3.63, 3.8) is 0 Å². The number of alkyl halides is 3. The number of fused-ring (bicyclic) bond motifs is 3. The van der Waals surface area contributed by atoms with E-state index in [1.54, 1.807) is 56.2 Å². The van der Waals surface area contributed by atoms with Gasteiger partial charge in [-0.3, -0.25) is 9.97 Å². The van der Waals surface area contributed by atoms with Crippen LogP contribution in [0.25, 0.3) is 33.2 Å². The first-order valence-corrected chi connectivity index (χ1v) is 11.9. The van der Waals surface area contributed by atoms with E-state index in [0.29, 0.717) is 27.8 Å². The highest BCUT2D eigenvalue weighted by Crippen LogP contribution is 2.39. The number of rotatable bonds is 6. The van der Waals surface area contributed by atoms with Gasteiger partial charge < -0.3 is 9.67 Å². The number of aryl methyl sites for hydroxylation is 2. The van der Waals surface area contributed by atoms with E-state index in [1.807, 2.05) is 35.8 Å². The predicted molar refractivity (Wildman–Crippen MR) is 135 cm³/mol. The van der Waals surface area contributed by atoms with Crippen LogP contribution >= 0.6 is 0 Å². The summed E-state index contributed by atoms with van der Waals surface area (Å²) >= 11 is 0. The third kappa shape index (κ3) is 4.69. The maximum atomic E-state index is 13.5. The molecule has 0 fully saturated rings. The molecule has 0 bridgehead atoms. The van der Waals surface area contributed by atoms with E-state index < -0.39 is 24.2 Å². The lowest BCUT2D eigenvalue weighted by Crippen LogP contribution is -2.18. The van der Waals surface area contributed by atoms with Crippen LogP contribution in [0.15, 0.2) is 54.9 Å². The molecule has 1 N–H and O–H groups in total. The Kier molecular flexibility index (Phi) is 6.02. The van der Waals surface area contributed by atoms with E-state index in [2.05, 4.69) is 20.3 Å². The molecule has 0 spiro atoms. The summed E-state index contributed by atoms with van der Waals surface area (Å²) in [7, 11) is 1.80. The molecule has 0 aliphatic heterocycles. The van der Waals surface area contributed by atoms with E-state index in [-0.39, 0.29) is 6.42 Å². The minimum atomic E-state index is -4.33. The first-order valence-electron chi connectivity index (χ1n) is 11.9. The van der Waals surface area contributed by atoms with Crippen molar-refractivity contribution in [1.82, 2.24) is 29.5 Å².